The SMILES string of the molecule is CC(=O)N[C@@H]1[C@@H](O[C@@H]2O[C@@H](C)[C@@H](O)[C@@H](O)[C@@H]2O)[C@H](O[C@@H]2O[C@H](CO)[C@@H](O[C@@H]3O[C@H](CO[C@H]4O[C@H](CO)[C@@H](O)[C@H](O)[C@@H]4O[C@@H]4O[C@H](CO)[C@@H](O[C@@H]5O[C@H](CO)[C@H](O)[C@H](O)[C@H]5O)[C@H](O)[C@H]4NC(C)=O)[C@@H](O)[C@H](O[C@H]4O[C@H](CO)[C@@H](O)[C@H](O)[C@@H]4O[C@@H]4O[C@H](CO)[C@@H](O[C@@H]5O[C@H](CO)[C@H](O)[C@H](O)[C@H]5NC(C)=O)[C@H](O[C@@H]5O[C@@H](C)[C@@H](O)[C@@H](O)[C@@H]5O)[C@H]4NC(C)=O)[C@@H]3O)[C@H](O)[C@H]2NC(C)=O)[C@@H](CO)O[C@H]1O. The van der Waals surface area contributed by atoms with E-state index in [1.807, 2.05) is 0 Å². The van der Waals surface area contributed by atoms with E-state index in [4.69, 9.17) is 99.5 Å². The summed E-state index contributed by atoms with van der Waals surface area (Å²) in [7, 11) is 0. The maximum absolute atomic E-state index is 13.7. The van der Waals surface area contributed by atoms with Gasteiger partial charge < -0.3 is 269 Å². The first-order valence-corrected chi connectivity index (χ1v) is 43.4. The van der Waals surface area contributed by atoms with Crippen molar-refractivity contribution in [1.82, 2.24) is 26.6 Å². The molecule has 11 saturated heterocycles. The van der Waals surface area contributed by atoms with Crippen molar-refractivity contribution in [3.05, 3.63) is 0 Å². The van der Waals surface area contributed by atoms with Gasteiger partial charge in [0.15, 0.2) is 69.2 Å². The lowest BCUT2D eigenvalue weighted by Gasteiger charge is -2.52. The molecule has 0 bridgehead atoms. The van der Waals surface area contributed by atoms with Crippen LogP contribution in [0.25, 0.3) is 0 Å². The minimum Gasteiger partial charge on any atom is -0.394 e. The summed E-state index contributed by atoms with van der Waals surface area (Å²) in [5.41, 5.74) is 0. The van der Waals surface area contributed by atoms with Crippen LogP contribution in [0.2, 0.25) is 0 Å². The fraction of sp³-hybridized carbons (Fsp3) is 0.934. The zero-order chi connectivity index (χ0) is 99.4. The van der Waals surface area contributed by atoms with Gasteiger partial charge in [0, 0.05) is 34.6 Å². The first kappa shape index (κ1) is 111. The van der Waals surface area contributed by atoms with E-state index >= 15 is 0 Å². The lowest BCUT2D eigenvalue weighted by atomic mass is 9.93. The maximum atomic E-state index is 13.7. The van der Waals surface area contributed by atoms with Crippen LogP contribution in [-0.2, 0) is 123 Å². The first-order chi connectivity index (χ1) is 63.8. The summed E-state index contributed by atoms with van der Waals surface area (Å²) >= 11 is 0. The third kappa shape index (κ3) is 24.6. The highest BCUT2D eigenvalue weighted by molar-refractivity contribution is 5.75. The number of carbonyl (C=O) groups excluding carboxylic acids is 5. The minimum atomic E-state index is -2.71. The summed E-state index contributed by atoms with van der Waals surface area (Å²) in [5.74, 6) is -4.81. The molecule has 59 nitrogen and oxygen atoms in total. The number of aliphatic hydroxyl groups is 28. The summed E-state index contributed by atoms with van der Waals surface area (Å²) in [6, 6.07) is -9.75. The fourth-order valence-electron chi connectivity index (χ4n) is 17.7. The Bertz CT molecular complexity index is 3750. The largest absolute Gasteiger partial charge is 0.394 e. The normalized spacial score (nSPS) is 49.5. The summed E-state index contributed by atoms with van der Waals surface area (Å²) < 4.78 is 128. The van der Waals surface area contributed by atoms with Crippen molar-refractivity contribution in [3.63, 3.8) is 0 Å². The number of aliphatic hydroxyl groups excluding tert-OH is 28. The molecule has 0 saturated carbocycles. The van der Waals surface area contributed by atoms with Crippen LogP contribution in [0.15, 0.2) is 0 Å². The Morgan fingerprint density at radius 1 is 0.207 bits per heavy atom. The predicted octanol–water partition coefficient (Wildman–Crippen LogP) is -22.2. The van der Waals surface area contributed by atoms with Crippen molar-refractivity contribution >= 4 is 29.5 Å². The molecule has 0 unspecified atom stereocenters. The van der Waals surface area contributed by atoms with Gasteiger partial charge in [-0.3, -0.25) is 24.0 Å². The van der Waals surface area contributed by atoms with Gasteiger partial charge >= 0.3 is 0 Å². The number of ether oxygens (including phenoxy) is 21. The molecule has 11 heterocycles. The van der Waals surface area contributed by atoms with E-state index in [1.54, 1.807) is 0 Å². The molecule has 59 heteroatoms. The van der Waals surface area contributed by atoms with Gasteiger partial charge in [0.05, 0.1) is 71.7 Å². The number of hydrogen-bond acceptors (Lipinski definition) is 54. The van der Waals surface area contributed by atoms with Crippen molar-refractivity contribution in [3.8, 4) is 0 Å². The van der Waals surface area contributed by atoms with E-state index in [1.165, 1.54) is 13.8 Å². The second-order valence-electron chi connectivity index (χ2n) is 34.5. The number of hydrogen-bond donors (Lipinski definition) is 33. The lowest BCUT2D eigenvalue weighted by Crippen LogP contribution is -2.72. The monoisotopic (exact) mass is 1970 g/mol. The predicted molar refractivity (Wildman–Crippen MR) is 417 cm³/mol. The molecule has 55 atom stereocenters. The number of amides is 5. The zero-order valence-electron chi connectivity index (χ0n) is 73.3. The molecule has 135 heavy (non-hydrogen) atoms. The standard InChI is InChI=1S/C76H127N5O54/c1-17-38(95)48(105)53(110)71(116-17)131-61-36(80-22(6)93)66(114)118-30(14-88)59(61)129-68-34(78-20(4)91)46(103)58(29(13-87)123-68)128-74-56(113)63(44(101)32(126-74)16-115-75-64(51(108)42(99)26(10-84)121-75)134-69-35(79-21(5)92)47(104)57(28(12-86)124-69)127-73-55(112)50(107)41(98)25(9-83)120-73)133-76-65(52(109)43(100)27(11-85)122-76)135-70-37(81-23(7)94)62(132-72-54(111)49(106)39(96)18(2)117-72)60(31(15-89)125-70)130-67-33(77-19(3)90)45(102)40(97)24(8-82)119-67/h17-18,24-76,82-89,95-114H,8-16H2,1-7H3,(H,77,90)(H,78,91)(H,79,92)(H,80,93)(H,81,94)/t17-,18-,24+,25+,26+,27+,28+,29+,30+,31+,32+,33+,34+,35+,36+,37+,38+,39+,40-,41-,42+,43+,44+,45+,46+,47+,48+,49+,50-,51-,52-,53-,54-,55+,56-,57+,58+,59+,60+,61+,62+,63-,64-,65-,66+,67-,68-,69-,70-,71-,72-,73-,74-,75-,76+/m0/s1. The van der Waals surface area contributed by atoms with Crippen molar-refractivity contribution < 1.29 is 266 Å². The van der Waals surface area contributed by atoms with E-state index in [9.17, 15) is 167 Å². The van der Waals surface area contributed by atoms with Crippen LogP contribution in [0.3, 0.4) is 0 Å². The van der Waals surface area contributed by atoms with Gasteiger partial charge in [-0.1, -0.05) is 0 Å². The topological polar surface area (TPSA) is 906 Å². The minimum absolute atomic E-state index is 0.880. The van der Waals surface area contributed by atoms with Crippen LogP contribution in [-0.4, -0.2) is 569 Å². The summed E-state index contributed by atoms with van der Waals surface area (Å²) in [6.45, 7) is -3.43. The first-order valence-electron chi connectivity index (χ1n) is 43.4. The van der Waals surface area contributed by atoms with Gasteiger partial charge in [-0.25, -0.2) is 0 Å². The number of nitrogens with one attached hydrogen (secondary N) is 5. The maximum Gasteiger partial charge on any atom is 0.217 e. The Morgan fingerprint density at radius 3 is 0.874 bits per heavy atom. The summed E-state index contributed by atoms with van der Waals surface area (Å²) in [4.78, 5) is 65.7. The van der Waals surface area contributed by atoms with Crippen LogP contribution in [0.4, 0.5) is 0 Å². The Hall–Kier alpha value is -4.61. The highest BCUT2D eigenvalue weighted by Crippen LogP contribution is 2.43. The van der Waals surface area contributed by atoms with Crippen LogP contribution in [0, 0.1) is 0 Å². The molecule has 0 aliphatic carbocycles. The Labute approximate surface area is 765 Å². The lowest BCUT2D eigenvalue weighted by molar-refractivity contribution is -0.402. The molecule has 0 aromatic heterocycles. The Balaban J connectivity index is 0.967. The molecule has 11 aliphatic rings. The van der Waals surface area contributed by atoms with Gasteiger partial charge in [0.2, 0.25) is 29.5 Å². The molecule has 0 radical (unpaired) electrons. The quantitative estimate of drug-likeness (QED) is 0.0284. The van der Waals surface area contributed by atoms with E-state index in [2.05, 4.69) is 26.6 Å². The average molecular weight is 1970 g/mol. The second kappa shape index (κ2) is 48.2. The molecule has 780 valence electrons. The van der Waals surface area contributed by atoms with E-state index in [0.717, 1.165) is 34.6 Å². The van der Waals surface area contributed by atoms with Gasteiger partial charge in [-0.2, -0.15) is 0 Å². The summed E-state index contributed by atoms with van der Waals surface area (Å²) in [6.07, 6.45) is -106. The van der Waals surface area contributed by atoms with Crippen LogP contribution in [0.5, 0.6) is 0 Å². The van der Waals surface area contributed by atoms with Crippen LogP contribution < -0.4 is 26.6 Å². The van der Waals surface area contributed by atoms with Crippen LogP contribution in [0.1, 0.15) is 48.5 Å². The molecule has 11 fully saturated rings. The molecule has 0 aromatic carbocycles. The van der Waals surface area contributed by atoms with Crippen molar-refractivity contribution in [2.45, 2.75) is 386 Å². The van der Waals surface area contributed by atoms with Gasteiger partial charge in [-0.05, 0) is 13.8 Å². The third-order valence-electron chi connectivity index (χ3n) is 24.9. The third-order valence-corrected chi connectivity index (χ3v) is 24.9. The average Bonchev–Trinajstić information content (AvgIpc) is 0.770. The van der Waals surface area contributed by atoms with Gasteiger partial charge in [-0.15, -0.1) is 0 Å². The van der Waals surface area contributed by atoms with Crippen molar-refractivity contribution in [1.29, 1.82) is 0 Å². The molecule has 11 rings (SSSR count). The molecule has 33 N–H and O–H groups in total. The zero-order valence-corrected chi connectivity index (χ0v) is 73.3. The molecule has 11 aliphatic heterocycles. The molecule has 5 amide bonds. The number of carbonyl (C=O) groups is 5. The van der Waals surface area contributed by atoms with E-state index < -0.39 is 426 Å². The molecule has 0 aromatic rings. The second-order valence-corrected chi connectivity index (χ2v) is 34.5. The van der Waals surface area contributed by atoms with Gasteiger partial charge in [0.25, 0.3) is 0 Å². The van der Waals surface area contributed by atoms with Crippen LogP contribution >= 0.6 is 0 Å². The fourth-order valence-corrected chi connectivity index (χ4v) is 17.7. The van der Waals surface area contributed by atoms with Crippen molar-refractivity contribution in [2.75, 3.05) is 59.5 Å². The summed E-state index contributed by atoms with van der Waals surface area (Å²) in [5, 5.41) is 328. The molecule has 0 spiro atoms. The Kier molecular flexibility index (Phi) is 39.5. The van der Waals surface area contributed by atoms with E-state index in [0.29, 0.717) is 0 Å². The van der Waals surface area contributed by atoms with Gasteiger partial charge in [0.1, 0.15) is 256 Å². The highest BCUT2D eigenvalue weighted by atomic mass is 16.8. The molecular weight excluding hydrogens is 1850 g/mol. The smallest absolute Gasteiger partial charge is 0.217 e. The molecular formula is C76H127N5O54. The van der Waals surface area contributed by atoms with Crippen molar-refractivity contribution in [2.24, 2.45) is 0 Å². The highest BCUT2D eigenvalue weighted by Gasteiger charge is 2.63. The number of rotatable bonds is 34. The Morgan fingerprint density at radius 2 is 0.467 bits per heavy atom. The van der Waals surface area contributed by atoms with E-state index in [-0.39, 0.29) is 0 Å².